The van der Waals surface area contributed by atoms with Crippen LogP contribution < -0.4 is 10.1 Å². The number of hydrogen-bond acceptors (Lipinski definition) is 2. The van der Waals surface area contributed by atoms with Gasteiger partial charge in [-0.1, -0.05) is 18.2 Å². The molecular formula is C13H19NO. The minimum atomic E-state index is 0.545. The van der Waals surface area contributed by atoms with Gasteiger partial charge < -0.3 is 10.1 Å². The quantitative estimate of drug-likeness (QED) is 0.770. The first kappa shape index (κ1) is 10.5. The number of ether oxygens (including phenoxy) is 1. The fraction of sp³-hybridized carbons (Fsp3) is 0.538. The van der Waals surface area contributed by atoms with Gasteiger partial charge in [-0.3, -0.25) is 0 Å². The molecule has 1 aromatic carbocycles. The topological polar surface area (TPSA) is 21.3 Å². The molecule has 0 radical (unpaired) electrons. The zero-order chi connectivity index (χ0) is 10.6. The van der Waals surface area contributed by atoms with Crippen LogP contribution in [0, 0.1) is 5.41 Å². The van der Waals surface area contributed by atoms with E-state index in [2.05, 4.69) is 5.32 Å². The first-order chi connectivity index (χ1) is 7.35. The van der Waals surface area contributed by atoms with Crippen molar-refractivity contribution < 1.29 is 4.74 Å². The van der Waals surface area contributed by atoms with Crippen LogP contribution in [0.15, 0.2) is 30.3 Å². The molecule has 0 heterocycles. The fourth-order valence-corrected chi connectivity index (χ4v) is 1.97. The van der Waals surface area contributed by atoms with Crippen LogP contribution in [0.4, 0.5) is 0 Å². The maximum atomic E-state index is 5.70. The summed E-state index contributed by atoms with van der Waals surface area (Å²) in [6.07, 6.45) is 3.88. The summed E-state index contributed by atoms with van der Waals surface area (Å²) in [4.78, 5) is 0. The normalized spacial score (nSPS) is 17.4. The molecule has 0 amide bonds. The highest BCUT2D eigenvalue weighted by atomic mass is 16.5. The van der Waals surface area contributed by atoms with Crippen LogP contribution in [0.5, 0.6) is 5.75 Å². The SMILES string of the molecule is CNCC1(CCOc2ccccc2)CC1. The summed E-state index contributed by atoms with van der Waals surface area (Å²) in [5.41, 5.74) is 0.545. The Morgan fingerprint density at radius 2 is 2.00 bits per heavy atom. The minimum Gasteiger partial charge on any atom is -0.494 e. The Bertz CT molecular complexity index is 293. The van der Waals surface area contributed by atoms with Crippen molar-refractivity contribution >= 4 is 0 Å². The molecule has 1 fully saturated rings. The maximum absolute atomic E-state index is 5.70. The molecule has 0 bridgehead atoms. The van der Waals surface area contributed by atoms with E-state index in [-0.39, 0.29) is 0 Å². The Morgan fingerprint density at radius 3 is 2.60 bits per heavy atom. The molecule has 2 nitrogen and oxygen atoms in total. The van der Waals surface area contributed by atoms with Gasteiger partial charge in [-0.05, 0) is 43.9 Å². The molecule has 1 saturated carbocycles. The van der Waals surface area contributed by atoms with Crippen molar-refractivity contribution in [2.45, 2.75) is 19.3 Å². The Kier molecular flexibility index (Phi) is 3.27. The van der Waals surface area contributed by atoms with Crippen molar-refractivity contribution in [3.63, 3.8) is 0 Å². The fourth-order valence-electron chi connectivity index (χ4n) is 1.97. The molecule has 1 aliphatic carbocycles. The van der Waals surface area contributed by atoms with Crippen LogP contribution in [0.2, 0.25) is 0 Å². The molecule has 15 heavy (non-hydrogen) atoms. The molecule has 0 atom stereocenters. The molecule has 0 unspecified atom stereocenters. The van der Waals surface area contributed by atoms with Crippen molar-refractivity contribution in [1.82, 2.24) is 5.32 Å². The largest absolute Gasteiger partial charge is 0.494 e. The lowest BCUT2D eigenvalue weighted by Gasteiger charge is -2.14. The second-order valence-electron chi connectivity index (χ2n) is 4.44. The van der Waals surface area contributed by atoms with Crippen LogP contribution in [-0.2, 0) is 0 Å². The van der Waals surface area contributed by atoms with E-state index in [9.17, 15) is 0 Å². The monoisotopic (exact) mass is 205 g/mol. The van der Waals surface area contributed by atoms with Crippen LogP contribution in [-0.4, -0.2) is 20.2 Å². The summed E-state index contributed by atoms with van der Waals surface area (Å²) in [7, 11) is 2.03. The number of para-hydroxylation sites is 1. The Labute approximate surface area is 91.6 Å². The lowest BCUT2D eigenvalue weighted by molar-refractivity contribution is 0.267. The average Bonchev–Trinajstić information content (AvgIpc) is 3.00. The lowest BCUT2D eigenvalue weighted by atomic mass is 10.0. The Hall–Kier alpha value is -1.02. The van der Waals surface area contributed by atoms with Gasteiger partial charge in [0.05, 0.1) is 6.61 Å². The van der Waals surface area contributed by atoms with E-state index in [1.807, 2.05) is 37.4 Å². The van der Waals surface area contributed by atoms with Crippen molar-refractivity contribution in [1.29, 1.82) is 0 Å². The van der Waals surface area contributed by atoms with Gasteiger partial charge in [0.25, 0.3) is 0 Å². The Balaban J connectivity index is 1.71. The highest BCUT2D eigenvalue weighted by molar-refractivity contribution is 5.20. The molecule has 0 saturated heterocycles. The van der Waals surface area contributed by atoms with Crippen molar-refractivity contribution in [3.05, 3.63) is 30.3 Å². The van der Waals surface area contributed by atoms with Gasteiger partial charge >= 0.3 is 0 Å². The van der Waals surface area contributed by atoms with E-state index in [1.165, 1.54) is 19.3 Å². The average molecular weight is 205 g/mol. The third kappa shape index (κ3) is 2.96. The van der Waals surface area contributed by atoms with Crippen molar-refractivity contribution in [3.8, 4) is 5.75 Å². The standard InChI is InChI=1S/C13H19NO/c1-14-11-13(7-8-13)9-10-15-12-5-3-2-4-6-12/h2-6,14H,7-11H2,1H3. The van der Waals surface area contributed by atoms with Gasteiger partial charge in [-0.25, -0.2) is 0 Å². The maximum Gasteiger partial charge on any atom is 0.119 e. The minimum absolute atomic E-state index is 0.545. The van der Waals surface area contributed by atoms with Gasteiger partial charge in [-0.15, -0.1) is 0 Å². The van der Waals surface area contributed by atoms with Crippen molar-refractivity contribution in [2.24, 2.45) is 5.41 Å². The summed E-state index contributed by atoms with van der Waals surface area (Å²) >= 11 is 0. The van der Waals surface area contributed by atoms with Gasteiger partial charge in [0.2, 0.25) is 0 Å². The van der Waals surface area contributed by atoms with Gasteiger partial charge in [0.15, 0.2) is 0 Å². The molecule has 1 N–H and O–H groups in total. The smallest absolute Gasteiger partial charge is 0.119 e. The summed E-state index contributed by atoms with van der Waals surface area (Å²) < 4.78 is 5.70. The predicted octanol–water partition coefficient (Wildman–Crippen LogP) is 2.46. The molecule has 0 spiro atoms. The molecular weight excluding hydrogens is 186 g/mol. The van der Waals surface area contributed by atoms with E-state index in [1.54, 1.807) is 0 Å². The Morgan fingerprint density at radius 1 is 1.27 bits per heavy atom. The molecule has 1 aromatic rings. The van der Waals surface area contributed by atoms with Gasteiger partial charge in [-0.2, -0.15) is 0 Å². The molecule has 0 aromatic heterocycles. The molecule has 82 valence electrons. The zero-order valence-electron chi connectivity index (χ0n) is 9.33. The van der Waals surface area contributed by atoms with E-state index in [0.29, 0.717) is 5.41 Å². The first-order valence-electron chi connectivity index (χ1n) is 5.67. The summed E-state index contributed by atoms with van der Waals surface area (Å²) in [5.74, 6) is 0.984. The predicted molar refractivity (Wildman–Crippen MR) is 62.1 cm³/mol. The lowest BCUT2D eigenvalue weighted by Crippen LogP contribution is -2.21. The van der Waals surface area contributed by atoms with Gasteiger partial charge in [0.1, 0.15) is 5.75 Å². The zero-order valence-corrected chi connectivity index (χ0v) is 9.33. The highest BCUT2D eigenvalue weighted by Gasteiger charge is 2.41. The second-order valence-corrected chi connectivity index (χ2v) is 4.44. The van der Waals surface area contributed by atoms with E-state index >= 15 is 0 Å². The number of hydrogen-bond donors (Lipinski definition) is 1. The molecule has 0 aliphatic heterocycles. The van der Waals surface area contributed by atoms with Crippen molar-refractivity contribution in [2.75, 3.05) is 20.2 Å². The van der Waals surface area contributed by atoms with E-state index in [0.717, 1.165) is 18.9 Å². The van der Waals surface area contributed by atoms with Gasteiger partial charge in [0, 0.05) is 6.54 Å². The van der Waals surface area contributed by atoms with Crippen LogP contribution >= 0.6 is 0 Å². The van der Waals surface area contributed by atoms with Crippen LogP contribution in [0.25, 0.3) is 0 Å². The van der Waals surface area contributed by atoms with E-state index < -0.39 is 0 Å². The van der Waals surface area contributed by atoms with E-state index in [4.69, 9.17) is 4.74 Å². The van der Waals surface area contributed by atoms with Crippen LogP contribution in [0.3, 0.4) is 0 Å². The summed E-state index contributed by atoms with van der Waals surface area (Å²) in [6, 6.07) is 10.1. The highest BCUT2D eigenvalue weighted by Crippen LogP contribution is 2.48. The number of benzene rings is 1. The number of rotatable bonds is 6. The molecule has 2 heteroatoms. The van der Waals surface area contributed by atoms with Crippen LogP contribution in [0.1, 0.15) is 19.3 Å². The summed E-state index contributed by atoms with van der Waals surface area (Å²) in [6.45, 7) is 1.97. The summed E-state index contributed by atoms with van der Waals surface area (Å²) in [5, 5.41) is 3.26. The third-order valence-electron chi connectivity index (χ3n) is 3.15. The first-order valence-corrected chi connectivity index (χ1v) is 5.67. The molecule has 1 aliphatic rings. The second kappa shape index (κ2) is 4.67. The third-order valence-corrected chi connectivity index (χ3v) is 3.15. The number of nitrogens with one attached hydrogen (secondary N) is 1. The molecule has 2 rings (SSSR count).